The number of likely N-dealkylation sites (tertiary alicyclic amines) is 1. The number of primary amides is 1. The van der Waals surface area contributed by atoms with Crippen LogP contribution in [0.5, 0.6) is 0 Å². The van der Waals surface area contributed by atoms with Gasteiger partial charge in [-0.2, -0.15) is 0 Å². The summed E-state index contributed by atoms with van der Waals surface area (Å²) in [7, 11) is -4.30. The molecule has 4 N–H and O–H groups in total. The molecule has 0 bridgehead atoms. The number of carboxylic acids is 1. The van der Waals surface area contributed by atoms with E-state index >= 15 is 0 Å². The first-order chi connectivity index (χ1) is 14.6. The topological polar surface area (TPSA) is 147 Å². The molecule has 0 unspecified atom stereocenters. The van der Waals surface area contributed by atoms with Crippen molar-refractivity contribution < 1.29 is 32.3 Å². The van der Waals surface area contributed by atoms with Gasteiger partial charge in [0.25, 0.3) is 15.9 Å². The first-order valence-electron chi connectivity index (χ1n) is 9.33. The second-order valence-corrected chi connectivity index (χ2v) is 8.75. The van der Waals surface area contributed by atoms with Crippen LogP contribution in [0.2, 0.25) is 0 Å². The molecule has 0 radical (unpaired) electrons. The molecule has 0 saturated carbocycles. The molecule has 3 rings (SSSR count). The number of nitrogens with two attached hydrogens (primary N) is 1. The summed E-state index contributed by atoms with van der Waals surface area (Å²) in [4.78, 5) is 36.4. The van der Waals surface area contributed by atoms with Crippen LogP contribution in [0.3, 0.4) is 0 Å². The lowest BCUT2D eigenvalue weighted by Crippen LogP contribution is -2.42. The van der Waals surface area contributed by atoms with Crippen LogP contribution < -0.4 is 10.5 Å². The monoisotopic (exact) mass is 449 g/mol. The zero-order valence-corrected chi connectivity index (χ0v) is 17.1. The van der Waals surface area contributed by atoms with Crippen molar-refractivity contribution in [3.05, 3.63) is 59.4 Å². The quantitative estimate of drug-likeness (QED) is 0.611. The van der Waals surface area contributed by atoms with Gasteiger partial charge in [0.2, 0.25) is 5.91 Å². The van der Waals surface area contributed by atoms with E-state index in [0.717, 1.165) is 12.1 Å². The van der Waals surface area contributed by atoms with Gasteiger partial charge >= 0.3 is 5.97 Å². The summed E-state index contributed by atoms with van der Waals surface area (Å²) in [5.41, 5.74) is 4.60. The fourth-order valence-electron chi connectivity index (χ4n) is 3.34. The zero-order valence-electron chi connectivity index (χ0n) is 16.2. The molecule has 0 spiro atoms. The standard InChI is InChI=1S/C20H20FN3O6S/c21-16-6-5-13(11-15(16)20(27)28)31(29,30)23-17-4-2-1-3-14(17)19(26)24-9-7-12(8-10-24)18(22)25/h1-6,11-12,23H,7-10H2,(H2,22,25)(H,27,28). The lowest BCUT2D eigenvalue weighted by molar-refractivity contribution is -0.123. The molecule has 11 heteroatoms. The number of benzene rings is 2. The van der Waals surface area contributed by atoms with Gasteiger partial charge in [-0.25, -0.2) is 17.6 Å². The molecule has 1 heterocycles. The van der Waals surface area contributed by atoms with Crippen molar-refractivity contribution >= 4 is 33.5 Å². The summed E-state index contributed by atoms with van der Waals surface area (Å²) in [5, 5.41) is 9.03. The van der Waals surface area contributed by atoms with E-state index in [1.165, 1.54) is 23.1 Å². The number of nitrogens with zero attached hydrogens (tertiary/aromatic N) is 1. The number of halogens is 1. The number of rotatable bonds is 6. The molecule has 0 aliphatic carbocycles. The van der Waals surface area contributed by atoms with Crippen LogP contribution >= 0.6 is 0 Å². The Bertz CT molecular complexity index is 1140. The largest absolute Gasteiger partial charge is 0.478 e. The van der Waals surface area contributed by atoms with Crippen LogP contribution in [0.15, 0.2) is 47.4 Å². The van der Waals surface area contributed by atoms with Crippen molar-refractivity contribution in [2.45, 2.75) is 17.7 Å². The van der Waals surface area contributed by atoms with Gasteiger partial charge in [0.1, 0.15) is 5.82 Å². The first kappa shape index (κ1) is 22.2. The first-order valence-corrected chi connectivity index (χ1v) is 10.8. The van der Waals surface area contributed by atoms with Crippen LogP contribution in [-0.4, -0.2) is 49.3 Å². The number of carboxylic acid groups (broad SMARTS) is 1. The van der Waals surface area contributed by atoms with Crippen molar-refractivity contribution in [3.63, 3.8) is 0 Å². The van der Waals surface area contributed by atoms with Crippen molar-refractivity contribution in [3.8, 4) is 0 Å². The molecule has 164 valence electrons. The molecule has 1 aliphatic rings. The Hall–Kier alpha value is -3.47. The molecule has 0 atom stereocenters. The number of amides is 2. The van der Waals surface area contributed by atoms with E-state index in [-0.39, 0.29) is 17.2 Å². The van der Waals surface area contributed by atoms with Crippen LogP contribution in [0.4, 0.5) is 10.1 Å². The maximum atomic E-state index is 13.6. The van der Waals surface area contributed by atoms with E-state index in [9.17, 15) is 27.2 Å². The number of nitrogens with one attached hydrogen (secondary N) is 1. The second-order valence-electron chi connectivity index (χ2n) is 7.07. The SMILES string of the molecule is NC(=O)C1CCN(C(=O)c2ccccc2NS(=O)(=O)c2ccc(F)c(C(=O)O)c2)CC1. The van der Waals surface area contributed by atoms with Gasteiger partial charge in [0.15, 0.2) is 0 Å². The highest BCUT2D eigenvalue weighted by atomic mass is 32.2. The van der Waals surface area contributed by atoms with E-state index < -0.39 is 44.1 Å². The number of carbonyl (C=O) groups is 3. The maximum Gasteiger partial charge on any atom is 0.338 e. The minimum atomic E-state index is -4.30. The van der Waals surface area contributed by atoms with Gasteiger partial charge in [-0.15, -0.1) is 0 Å². The van der Waals surface area contributed by atoms with Crippen molar-refractivity contribution in [2.24, 2.45) is 11.7 Å². The molecule has 9 nitrogen and oxygen atoms in total. The van der Waals surface area contributed by atoms with Crippen molar-refractivity contribution in [1.29, 1.82) is 0 Å². The zero-order chi connectivity index (χ0) is 22.8. The number of hydrogen-bond donors (Lipinski definition) is 3. The van der Waals surface area contributed by atoms with Crippen LogP contribution in [-0.2, 0) is 14.8 Å². The average molecular weight is 449 g/mol. The van der Waals surface area contributed by atoms with Crippen molar-refractivity contribution in [1.82, 2.24) is 4.90 Å². The predicted octanol–water partition coefficient (Wildman–Crippen LogP) is 1.66. The number of sulfonamides is 1. The van der Waals surface area contributed by atoms with Crippen LogP contribution in [0.1, 0.15) is 33.6 Å². The molecule has 2 amide bonds. The Balaban J connectivity index is 1.85. The van der Waals surface area contributed by atoms with Gasteiger partial charge in [-0.05, 0) is 43.2 Å². The summed E-state index contributed by atoms with van der Waals surface area (Å²) >= 11 is 0. The highest BCUT2D eigenvalue weighted by Gasteiger charge is 2.28. The normalized spacial score (nSPS) is 14.8. The summed E-state index contributed by atoms with van der Waals surface area (Å²) in [6.07, 6.45) is 0.838. The number of aromatic carboxylic acids is 1. The van der Waals surface area contributed by atoms with Gasteiger partial charge in [0, 0.05) is 19.0 Å². The Morgan fingerprint density at radius 3 is 2.32 bits per heavy atom. The summed E-state index contributed by atoms with van der Waals surface area (Å²) in [6.45, 7) is 0.598. The van der Waals surface area contributed by atoms with Gasteiger partial charge < -0.3 is 15.7 Å². The number of piperidine rings is 1. The fraction of sp³-hybridized carbons (Fsp3) is 0.250. The lowest BCUT2D eigenvalue weighted by atomic mass is 9.96. The van der Waals surface area contributed by atoms with E-state index in [1.54, 1.807) is 6.07 Å². The van der Waals surface area contributed by atoms with E-state index in [0.29, 0.717) is 32.0 Å². The molecule has 0 aromatic heterocycles. The summed E-state index contributed by atoms with van der Waals surface area (Å²) in [6, 6.07) is 8.33. The maximum absolute atomic E-state index is 13.6. The lowest BCUT2D eigenvalue weighted by Gasteiger charge is -2.31. The fourth-order valence-corrected chi connectivity index (χ4v) is 4.44. The number of hydrogen-bond acceptors (Lipinski definition) is 5. The van der Waals surface area contributed by atoms with E-state index in [4.69, 9.17) is 10.8 Å². The molecule has 31 heavy (non-hydrogen) atoms. The molecule has 1 aliphatic heterocycles. The third-order valence-corrected chi connectivity index (χ3v) is 6.43. The third kappa shape index (κ3) is 4.82. The highest BCUT2D eigenvalue weighted by molar-refractivity contribution is 7.92. The predicted molar refractivity (Wildman–Crippen MR) is 108 cm³/mol. The Morgan fingerprint density at radius 2 is 1.71 bits per heavy atom. The smallest absolute Gasteiger partial charge is 0.338 e. The number of carbonyl (C=O) groups excluding carboxylic acids is 2. The average Bonchev–Trinajstić information content (AvgIpc) is 2.73. The molecular formula is C20H20FN3O6S. The molecule has 1 fully saturated rings. The molecule has 2 aromatic rings. The Labute approximate surface area is 177 Å². The summed E-state index contributed by atoms with van der Waals surface area (Å²) in [5.74, 6) is -3.82. The minimum Gasteiger partial charge on any atom is -0.478 e. The number of anilines is 1. The Morgan fingerprint density at radius 1 is 1.06 bits per heavy atom. The van der Waals surface area contributed by atoms with Gasteiger partial charge in [0.05, 0.1) is 21.7 Å². The number of para-hydroxylation sites is 1. The highest BCUT2D eigenvalue weighted by Crippen LogP contribution is 2.25. The Kier molecular flexibility index (Phi) is 6.25. The minimum absolute atomic E-state index is 0.00859. The van der Waals surface area contributed by atoms with Gasteiger partial charge in [-0.1, -0.05) is 12.1 Å². The van der Waals surface area contributed by atoms with Crippen LogP contribution in [0, 0.1) is 11.7 Å². The van der Waals surface area contributed by atoms with Crippen LogP contribution in [0.25, 0.3) is 0 Å². The van der Waals surface area contributed by atoms with E-state index in [1.807, 2.05) is 0 Å². The molecule has 2 aromatic carbocycles. The van der Waals surface area contributed by atoms with Crippen molar-refractivity contribution in [2.75, 3.05) is 17.8 Å². The van der Waals surface area contributed by atoms with E-state index in [2.05, 4.69) is 4.72 Å². The second kappa shape index (κ2) is 8.72. The van der Waals surface area contributed by atoms with Gasteiger partial charge in [-0.3, -0.25) is 14.3 Å². The molecular weight excluding hydrogens is 429 g/mol. The third-order valence-electron chi connectivity index (χ3n) is 5.06. The molecule has 1 saturated heterocycles. The summed E-state index contributed by atoms with van der Waals surface area (Å²) < 4.78 is 41.4.